The van der Waals surface area contributed by atoms with Crippen LogP contribution in [-0.2, 0) is 0 Å². The number of aromatic amines is 1. The van der Waals surface area contributed by atoms with Crippen molar-refractivity contribution in [2.24, 2.45) is 0 Å². The fourth-order valence-corrected chi connectivity index (χ4v) is 2.38. The Hall–Kier alpha value is -3.61. The highest BCUT2D eigenvalue weighted by atomic mass is 16.3. The first-order valence-corrected chi connectivity index (χ1v) is 7.49. The van der Waals surface area contributed by atoms with Crippen molar-refractivity contribution in [3.63, 3.8) is 0 Å². The molecule has 2 aromatic carbocycles. The van der Waals surface area contributed by atoms with E-state index in [1.54, 1.807) is 54.6 Å². The van der Waals surface area contributed by atoms with Crippen LogP contribution in [0.1, 0.15) is 15.9 Å². The van der Waals surface area contributed by atoms with Crippen molar-refractivity contribution in [3.8, 4) is 11.6 Å². The summed E-state index contributed by atoms with van der Waals surface area (Å²) in [5.74, 6) is -1.53. The molecule has 0 aliphatic heterocycles. The number of H-pyrrole nitrogens is 1. The molecule has 1 heterocycles. The van der Waals surface area contributed by atoms with Gasteiger partial charge in [0.1, 0.15) is 0 Å². The zero-order valence-electron chi connectivity index (χ0n) is 13.3. The number of aromatic hydroxyl groups is 1. The van der Waals surface area contributed by atoms with E-state index in [1.807, 2.05) is 6.92 Å². The van der Waals surface area contributed by atoms with E-state index in [0.717, 1.165) is 10.1 Å². The Morgan fingerprint density at radius 3 is 2.32 bits per heavy atom. The van der Waals surface area contributed by atoms with E-state index in [4.69, 9.17) is 0 Å². The summed E-state index contributed by atoms with van der Waals surface area (Å²) >= 11 is 0. The number of carbonyl (C=O) groups excluding carboxylic acids is 1. The molecule has 0 aliphatic rings. The van der Waals surface area contributed by atoms with Gasteiger partial charge in [-0.3, -0.25) is 14.6 Å². The summed E-state index contributed by atoms with van der Waals surface area (Å²) < 4.78 is 0.876. The quantitative estimate of drug-likeness (QED) is 0.678. The predicted molar refractivity (Wildman–Crippen MR) is 93.5 cm³/mol. The van der Waals surface area contributed by atoms with E-state index in [0.29, 0.717) is 11.4 Å². The minimum Gasteiger partial charge on any atom is -0.493 e. The molecule has 7 heteroatoms. The largest absolute Gasteiger partial charge is 0.493 e. The molecule has 0 bridgehead atoms. The standard InChI is InChI=1S/C18H15N3O4/c1-11-7-9-13(10-8-11)21-17(24)14(16(23)20-18(21)25)15(22)19-12-5-3-2-4-6-12/h2-10,24H,1H3,(H,19,22)(H,20,23,25). The maximum atomic E-state index is 12.4. The molecule has 0 saturated carbocycles. The number of aromatic nitrogens is 2. The van der Waals surface area contributed by atoms with Gasteiger partial charge in [0.25, 0.3) is 11.5 Å². The van der Waals surface area contributed by atoms with Crippen molar-refractivity contribution in [3.05, 3.63) is 86.6 Å². The van der Waals surface area contributed by atoms with Gasteiger partial charge in [-0.05, 0) is 31.2 Å². The second-order valence-electron chi connectivity index (χ2n) is 5.45. The maximum absolute atomic E-state index is 12.4. The number of amides is 1. The molecule has 25 heavy (non-hydrogen) atoms. The highest BCUT2D eigenvalue weighted by Gasteiger charge is 2.22. The van der Waals surface area contributed by atoms with Crippen LogP contribution >= 0.6 is 0 Å². The van der Waals surface area contributed by atoms with Crippen molar-refractivity contribution in [1.82, 2.24) is 9.55 Å². The lowest BCUT2D eigenvalue weighted by atomic mass is 10.2. The molecule has 126 valence electrons. The molecule has 3 N–H and O–H groups in total. The van der Waals surface area contributed by atoms with Crippen LogP contribution in [0.3, 0.4) is 0 Å². The topological polar surface area (TPSA) is 104 Å². The lowest BCUT2D eigenvalue weighted by Gasteiger charge is -2.11. The van der Waals surface area contributed by atoms with Gasteiger partial charge in [0.2, 0.25) is 5.88 Å². The fourth-order valence-electron chi connectivity index (χ4n) is 2.38. The van der Waals surface area contributed by atoms with Crippen molar-refractivity contribution < 1.29 is 9.90 Å². The first-order chi connectivity index (χ1) is 12.0. The molecular weight excluding hydrogens is 322 g/mol. The van der Waals surface area contributed by atoms with Crippen LogP contribution in [0.25, 0.3) is 5.69 Å². The average molecular weight is 337 g/mol. The number of hydrogen-bond donors (Lipinski definition) is 3. The molecule has 0 spiro atoms. The third-order valence-corrected chi connectivity index (χ3v) is 3.64. The fraction of sp³-hybridized carbons (Fsp3) is 0.0556. The molecule has 7 nitrogen and oxygen atoms in total. The minimum atomic E-state index is -0.959. The van der Waals surface area contributed by atoms with Crippen molar-refractivity contribution in [2.75, 3.05) is 5.32 Å². The van der Waals surface area contributed by atoms with Gasteiger partial charge >= 0.3 is 5.69 Å². The molecule has 0 atom stereocenters. The number of anilines is 1. The zero-order valence-corrected chi connectivity index (χ0v) is 13.3. The van der Waals surface area contributed by atoms with E-state index < -0.39 is 28.6 Å². The monoisotopic (exact) mass is 337 g/mol. The Morgan fingerprint density at radius 2 is 1.68 bits per heavy atom. The number of carbonyl (C=O) groups is 1. The molecular formula is C18H15N3O4. The first-order valence-electron chi connectivity index (χ1n) is 7.49. The Labute approximate surface area is 142 Å². The van der Waals surface area contributed by atoms with Crippen LogP contribution in [0.4, 0.5) is 5.69 Å². The Kier molecular flexibility index (Phi) is 4.21. The summed E-state index contributed by atoms with van der Waals surface area (Å²) in [5, 5.41) is 12.9. The van der Waals surface area contributed by atoms with Gasteiger partial charge in [0.15, 0.2) is 5.56 Å². The molecule has 1 aromatic heterocycles. The lowest BCUT2D eigenvalue weighted by Crippen LogP contribution is -2.34. The van der Waals surface area contributed by atoms with E-state index in [1.165, 1.54) is 0 Å². The van der Waals surface area contributed by atoms with Gasteiger partial charge < -0.3 is 10.4 Å². The average Bonchev–Trinajstić information content (AvgIpc) is 2.57. The first kappa shape index (κ1) is 16.3. The Morgan fingerprint density at radius 1 is 1.04 bits per heavy atom. The highest BCUT2D eigenvalue weighted by Crippen LogP contribution is 2.18. The predicted octanol–water partition coefficient (Wildman–Crippen LogP) is 1.79. The van der Waals surface area contributed by atoms with E-state index >= 15 is 0 Å². The van der Waals surface area contributed by atoms with Crippen LogP contribution in [0.5, 0.6) is 5.88 Å². The minimum absolute atomic E-state index is 0.332. The summed E-state index contributed by atoms with van der Waals surface area (Å²) in [4.78, 5) is 38.6. The normalized spacial score (nSPS) is 10.4. The summed E-state index contributed by atoms with van der Waals surface area (Å²) in [6, 6.07) is 15.2. The highest BCUT2D eigenvalue weighted by molar-refractivity contribution is 6.05. The molecule has 0 saturated heterocycles. The summed E-state index contributed by atoms with van der Waals surface area (Å²) in [7, 11) is 0. The molecule has 0 unspecified atom stereocenters. The van der Waals surface area contributed by atoms with Gasteiger partial charge in [0, 0.05) is 5.69 Å². The van der Waals surface area contributed by atoms with Crippen molar-refractivity contribution in [1.29, 1.82) is 0 Å². The number of nitrogens with one attached hydrogen (secondary N) is 2. The summed E-state index contributed by atoms with van der Waals surface area (Å²) in [6.07, 6.45) is 0. The lowest BCUT2D eigenvalue weighted by molar-refractivity contribution is 0.102. The van der Waals surface area contributed by atoms with Gasteiger partial charge in [0.05, 0.1) is 5.69 Å². The number of hydrogen-bond acceptors (Lipinski definition) is 4. The Balaban J connectivity index is 2.10. The maximum Gasteiger partial charge on any atom is 0.335 e. The molecule has 0 fully saturated rings. The molecule has 3 rings (SSSR count). The van der Waals surface area contributed by atoms with E-state index in [9.17, 15) is 19.5 Å². The van der Waals surface area contributed by atoms with Gasteiger partial charge in [-0.1, -0.05) is 35.9 Å². The smallest absolute Gasteiger partial charge is 0.335 e. The summed E-state index contributed by atoms with van der Waals surface area (Å²) in [6.45, 7) is 1.87. The van der Waals surface area contributed by atoms with Crippen LogP contribution in [0, 0.1) is 6.92 Å². The molecule has 0 radical (unpaired) electrons. The zero-order chi connectivity index (χ0) is 18.0. The number of rotatable bonds is 3. The number of nitrogens with zero attached hydrogens (tertiary/aromatic N) is 1. The molecule has 0 aliphatic carbocycles. The van der Waals surface area contributed by atoms with Gasteiger partial charge in [-0.25, -0.2) is 9.36 Å². The number of benzene rings is 2. The van der Waals surface area contributed by atoms with Gasteiger partial charge in [-0.15, -0.1) is 0 Å². The van der Waals surface area contributed by atoms with E-state index in [-0.39, 0.29) is 0 Å². The third-order valence-electron chi connectivity index (χ3n) is 3.64. The second kappa shape index (κ2) is 6.48. The van der Waals surface area contributed by atoms with E-state index in [2.05, 4.69) is 10.3 Å². The number of aryl methyl sites for hydroxylation is 1. The van der Waals surface area contributed by atoms with Crippen molar-refractivity contribution >= 4 is 11.6 Å². The van der Waals surface area contributed by atoms with Crippen molar-refractivity contribution in [2.45, 2.75) is 6.92 Å². The molecule has 3 aromatic rings. The van der Waals surface area contributed by atoms with Crippen LogP contribution < -0.4 is 16.6 Å². The van der Waals surface area contributed by atoms with Crippen LogP contribution in [0.15, 0.2) is 64.2 Å². The summed E-state index contributed by atoms with van der Waals surface area (Å²) in [5.41, 5.74) is -0.578. The Bertz CT molecular complexity index is 1030. The second-order valence-corrected chi connectivity index (χ2v) is 5.45. The van der Waals surface area contributed by atoms with Gasteiger partial charge in [-0.2, -0.15) is 0 Å². The molecule has 1 amide bonds. The number of para-hydroxylation sites is 1. The third kappa shape index (κ3) is 3.20. The SMILES string of the molecule is Cc1ccc(-n2c(O)c(C(=O)Nc3ccccc3)c(=O)[nH]c2=O)cc1. The van der Waals surface area contributed by atoms with Crippen LogP contribution in [0.2, 0.25) is 0 Å². The van der Waals surface area contributed by atoms with Crippen LogP contribution in [-0.4, -0.2) is 20.6 Å².